The highest BCUT2D eigenvalue weighted by Gasteiger charge is 2.40. The molecule has 1 N–H and O–H groups in total. The molecule has 1 aromatic carbocycles. The maximum Gasteiger partial charge on any atom is 0.402 e. The molecule has 1 unspecified atom stereocenters. The highest BCUT2D eigenvalue weighted by molar-refractivity contribution is 8.02. The summed E-state index contributed by atoms with van der Waals surface area (Å²) in [6.07, 6.45) is -4.44. The number of rotatable bonds is 3. The molecule has 0 spiro atoms. The van der Waals surface area contributed by atoms with Crippen LogP contribution in [0.2, 0.25) is 5.02 Å². The summed E-state index contributed by atoms with van der Waals surface area (Å²) in [5.74, 6) is -0.750. The molecule has 118 valence electrons. The first kappa shape index (κ1) is 17.3. The highest BCUT2D eigenvalue weighted by atomic mass is 35.5. The molecule has 10 heteroatoms. The fraction of sp³-hybridized carbons (Fsp3) is 0.250. The van der Waals surface area contributed by atoms with E-state index in [0.29, 0.717) is 11.9 Å². The van der Waals surface area contributed by atoms with Crippen LogP contribution in [-0.4, -0.2) is 22.4 Å². The highest BCUT2D eigenvalue weighted by Crippen LogP contribution is 2.41. The largest absolute Gasteiger partial charge is 0.402 e. The molecular weight excluding hydrogens is 362 g/mol. The van der Waals surface area contributed by atoms with E-state index in [1.165, 1.54) is 18.2 Å². The van der Waals surface area contributed by atoms with Gasteiger partial charge in [-0.1, -0.05) is 17.7 Å². The minimum absolute atomic E-state index is 0.0167. The van der Waals surface area contributed by atoms with Gasteiger partial charge in [0, 0.05) is 0 Å². The molecule has 1 heterocycles. The van der Waals surface area contributed by atoms with Gasteiger partial charge in [0.2, 0.25) is 0 Å². The Morgan fingerprint density at radius 3 is 2.73 bits per heavy atom. The summed E-state index contributed by atoms with van der Waals surface area (Å²) in [6, 6.07) is 5.97. The van der Waals surface area contributed by atoms with E-state index < -0.39 is 23.9 Å². The first-order valence-electron chi connectivity index (χ1n) is 5.77. The number of hydrogen-bond acceptors (Lipinski definition) is 5. The zero-order valence-electron chi connectivity index (χ0n) is 10.7. The third kappa shape index (κ3) is 3.81. The lowest BCUT2D eigenvalue weighted by atomic mass is 10.2. The van der Waals surface area contributed by atoms with Gasteiger partial charge in [0.25, 0.3) is 0 Å². The van der Waals surface area contributed by atoms with Gasteiger partial charge in [0.1, 0.15) is 23.0 Å². The van der Waals surface area contributed by atoms with Crippen LogP contribution in [0.15, 0.2) is 28.8 Å². The van der Waals surface area contributed by atoms with Crippen molar-refractivity contribution < 1.29 is 17.6 Å². The number of alkyl halides is 3. The van der Waals surface area contributed by atoms with Crippen molar-refractivity contribution in [1.82, 2.24) is 4.31 Å². The van der Waals surface area contributed by atoms with Gasteiger partial charge in [-0.05, 0) is 24.1 Å². The summed E-state index contributed by atoms with van der Waals surface area (Å²) in [7, 11) is 0. The molecule has 1 aliphatic rings. The van der Waals surface area contributed by atoms with Gasteiger partial charge in [-0.2, -0.15) is 31.1 Å². The van der Waals surface area contributed by atoms with E-state index in [0.717, 1.165) is 4.31 Å². The number of nitrogens with zero attached hydrogens (tertiary/aromatic N) is 2. The van der Waals surface area contributed by atoms with Crippen molar-refractivity contribution >= 4 is 41.9 Å². The number of nitriles is 1. The van der Waals surface area contributed by atoms with Gasteiger partial charge < -0.3 is 5.32 Å². The van der Waals surface area contributed by atoms with E-state index in [1.54, 1.807) is 6.07 Å². The van der Waals surface area contributed by atoms with Crippen molar-refractivity contribution in [2.24, 2.45) is 0 Å². The van der Waals surface area contributed by atoms with Crippen LogP contribution in [0.1, 0.15) is 0 Å². The summed E-state index contributed by atoms with van der Waals surface area (Å²) < 4.78 is 52.2. The molecule has 3 nitrogen and oxygen atoms in total. The Labute approximate surface area is 138 Å². The van der Waals surface area contributed by atoms with Crippen LogP contribution in [0, 0.1) is 17.1 Å². The summed E-state index contributed by atoms with van der Waals surface area (Å²) in [5.41, 5.74) is -0.0471. The van der Waals surface area contributed by atoms with Crippen molar-refractivity contribution in [3.05, 3.63) is 39.6 Å². The number of benzene rings is 1. The monoisotopic (exact) mass is 369 g/mol. The van der Waals surface area contributed by atoms with Gasteiger partial charge in [-0.15, -0.1) is 0 Å². The second-order valence-electron chi connectivity index (χ2n) is 4.24. The van der Waals surface area contributed by atoms with E-state index in [9.17, 15) is 17.6 Å². The van der Waals surface area contributed by atoms with Crippen molar-refractivity contribution in [2.75, 3.05) is 11.9 Å². The van der Waals surface area contributed by atoms with Crippen LogP contribution in [0.3, 0.4) is 0 Å². The first-order chi connectivity index (χ1) is 10.2. The van der Waals surface area contributed by atoms with Gasteiger partial charge in [0.05, 0.1) is 16.3 Å². The van der Waals surface area contributed by atoms with E-state index in [1.807, 2.05) is 0 Å². The summed E-state index contributed by atoms with van der Waals surface area (Å²) in [5, 5.41) is 10.6. The molecule has 1 atom stereocenters. The van der Waals surface area contributed by atoms with Crippen LogP contribution in [0.25, 0.3) is 0 Å². The smallest absolute Gasteiger partial charge is 0.346 e. The Bertz CT molecular complexity index is 657. The molecule has 1 aromatic rings. The number of anilines is 1. The molecule has 22 heavy (non-hydrogen) atoms. The number of hydrogen-bond donors (Lipinski definition) is 2. The normalized spacial score (nSPS) is 19.4. The number of thiol groups is 1. The number of halogens is 5. The third-order valence-corrected chi connectivity index (χ3v) is 4.70. The Hall–Kier alpha value is -1.08. The Morgan fingerprint density at radius 1 is 1.45 bits per heavy atom. The van der Waals surface area contributed by atoms with Crippen molar-refractivity contribution in [1.29, 1.82) is 5.26 Å². The molecule has 0 fully saturated rings. The molecule has 0 saturated carbocycles. The summed E-state index contributed by atoms with van der Waals surface area (Å²) >= 11 is 10.3. The van der Waals surface area contributed by atoms with Gasteiger partial charge in [-0.25, -0.2) is 8.70 Å². The third-order valence-electron chi connectivity index (χ3n) is 2.64. The fourth-order valence-electron chi connectivity index (χ4n) is 1.69. The van der Waals surface area contributed by atoms with E-state index in [4.69, 9.17) is 16.9 Å². The summed E-state index contributed by atoms with van der Waals surface area (Å²) in [4.78, 5) is 0. The second kappa shape index (κ2) is 6.58. The van der Waals surface area contributed by atoms with E-state index in [-0.39, 0.29) is 21.3 Å². The standard InChI is InChI=1S/C12H8ClF4N3S2/c13-7-2-1-3-8(9(7)14)19-10-6(4-18)11(21)20(22-10)5-12(15,16)17/h1-3,11,19,21H,5H2. The molecule has 0 bridgehead atoms. The first-order valence-corrected chi connectivity index (χ1v) is 7.44. The zero-order valence-corrected chi connectivity index (χ0v) is 13.1. The lowest BCUT2D eigenvalue weighted by Gasteiger charge is -2.20. The lowest BCUT2D eigenvalue weighted by Crippen LogP contribution is -2.32. The van der Waals surface area contributed by atoms with Crippen LogP contribution in [0.4, 0.5) is 23.2 Å². The average Bonchev–Trinajstić information content (AvgIpc) is 2.69. The fourth-order valence-corrected chi connectivity index (χ4v) is 3.43. The maximum absolute atomic E-state index is 13.8. The average molecular weight is 370 g/mol. The minimum Gasteiger partial charge on any atom is -0.346 e. The zero-order chi connectivity index (χ0) is 16.5. The van der Waals surface area contributed by atoms with Crippen LogP contribution < -0.4 is 5.32 Å². The van der Waals surface area contributed by atoms with E-state index >= 15 is 0 Å². The molecule has 0 aromatic heterocycles. The van der Waals surface area contributed by atoms with Crippen molar-refractivity contribution in [2.45, 2.75) is 11.6 Å². The van der Waals surface area contributed by atoms with Crippen molar-refractivity contribution in [3.63, 3.8) is 0 Å². The van der Waals surface area contributed by atoms with Crippen LogP contribution in [-0.2, 0) is 0 Å². The van der Waals surface area contributed by atoms with Crippen molar-refractivity contribution in [3.8, 4) is 6.07 Å². The topological polar surface area (TPSA) is 39.1 Å². The molecule has 0 saturated heterocycles. The molecule has 0 aliphatic carbocycles. The Kier molecular flexibility index (Phi) is 5.17. The minimum atomic E-state index is -4.44. The van der Waals surface area contributed by atoms with Crippen LogP contribution in [0.5, 0.6) is 0 Å². The second-order valence-corrected chi connectivity index (χ2v) is 6.19. The van der Waals surface area contributed by atoms with Gasteiger partial charge in [0.15, 0.2) is 5.82 Å². The Balaban J connectivity index is 2.24. The Morgan fingerprint density at radius 2 is 2.14 bits per heavy atom. The molecular formula is C12H8ClF4N3S2. The van der Waals surface area contributed by atoms with E-state index in [2.05, 4.69) is 17.9 Å². The van der Waals surface area contributed by atoms with Gasteiger partial charge >= 0.3 is 6.18 Å². The van der Waals surface area contributed by atoms with Crippen LogP contribution >= 0.6 is 36.2 Å². The SMILES string of the molecule is N#CC1=C(Nc2cccc(Cl)c2F)SN(CC(F)(F)F)C1S. The molecule has 0 radical (unpaired) electrons. The molecule has 2 rings (SSSR count). The lowest BCUT2D eigenvalue weighted by molar-refractivity contribution is -0.134. The number of nitrogens with one attached hydrogen (secondary N) is 1. The predicted octanol–water partition coefficient (Wildman–Crippen LogP) is 4.41. The quantitative estimate of drug-likeness (QED) is 0.470. The molecule has 0 amide bonds. The van der Waals surface area contributed by atoms with Gasteiger partial charge in [-0.3, -0.25) is 0 Å². The maximum atomic E-state index is 13.8. The molecule has 1 aliphatic heterocycles. The summed E-state index contributed by atoms with van der Waals surface area (Å²) in [6.45, 7) is -1.25. The predicted molar refractivity (Wildman–Crippen MR) is 80.8 cm³/mol.